The molecular weight excluding hydrogens is 428 g/mol. The van der Waals surface area contributed by atoms with Crippen molar-refractivity contribution in [3.8, 4) is 11.5 Å². The standard InChI is InChI=1S/C19H14F4N2O4S/c20-18(21)28-14-6-5-13(9-15(14)29-19(22)23)25(10-16-24-7-8-30-16)12-3-1-11(2-4-12)17(26)27/h1-9,18-19H,10H2,(H,26,27). The lowest BCUT2D eigenvalue weighted by Gasteiger charge is -2.25. The zero-order chi connectivity index (χ0) is 21.7. The van der Waals surface area contributed by atoms with Crippen molar-refractivity contribution >= 4 is 28.7 Å². The van der Waals surface area contributed by atoms with E-state index in [1.165, 1.54) is 41.7 Å². The molecule has 0 aliphatic heterocycles. The number of anilines is 2. The summed E-state index contributed by atoms with van der Waals surface area (Å²) < 4.78 is 59.3. The Balaban J connectivity index is 2.02. The highest BCUT2D eigenvalue weighted by Gasteiger charge is 2.19. The summed E-state index contributed by atoms with van der Waals surface area (Å²) in [5.74, 6) is -2.20. The van der Waals surface area contributed by atoms with Crippen molar-refractivity contribution in [2.75, 3.05) is 4.90 Å². The summed E-state index contributed by atoms with van der Waals surface area (Å²) in [5.41, 5.74) is 0.918. The molecule has 0 aliphatic carbocycles. The van der Waals surface area contributed by atoms with Crippen molar-refractivity contribution in [1.29, 1.82) is 0 Å². The zero-order valence-corrected chi connectivity index (χ0v) is 15.9. The molecule has 1 N–H and O–H groups in total. The highest BCUT2D eigenvalue weighted by molar-refractivity contribution is 7.09. The minimum Gasteiger partial charge on any atom is -0.478 e. The van der Waals surface area contributed by atoms with Gasteiger partial charge in [0.15, 0.2) is 11.5 Å². The van der Waals surface area contributed by atoms with E-state index in [1.807, 2.05) is 0 Å². The van der Waals surface area contributed by atoms with Gasteiger partial charge in [0.25, 0.3) is 0 Å². The molecule has 0 spiro atoms. The maximum atomic E-state index is 12.8. The third-order valence-electron chi connectivity index (χ3n) is 3.87. The normalized spacial score (nSPS) is 11.0. The van der Waals surface area contributed by atoms with E-state index in [0.29, 0.717) is 16.4 Å². The van der Waals surface area contributed by atoms with Crippen LogP contribution in [0.3, 0.4) is 0 Å². The fourth-order valence-corrected chi connectivity index (χ4v) is 3.23. The molecule has 0 saturated heterocycles. The maximum absolute atomic E-state index is 12.8. The number of carbonyl (C=O) groups is 1. The van der Waals surface area contributed by atoms with Gasteiger partial charge < -0.3 is 19.5 Å². The molecule has 6 nitrogen and oxygen atoms in total. The zero-order valence-electron chi connectivity index (χ0n) is 15.0. The van der Waals surface area contributed by atoms with E-state index in [2.05, 4.69) is 14.5 Å². The number of carboxylic acids is 1. The van der Waals surface area contributed by atoms with Crippen LogP contribution < -0.4 is 14.4 Å². The fourth-order valence-electron chi connectivity index (χ4n) is 2.63. The lowest BCUT2D eigenvalue weighted by atomic mass is 10.1. The summed E-state index contributed by atoms with van der Waals surface area (Å²) in [7, 11) is 0. The Morgan fingerprint density at radius 3 is 2.20 bits per heavy atom. The molecule has 0 unspecified atom stereocenters. The number of halogens is 4. The minimum absolute atomic E-state index is 0.0651. The summed E-state index contributed by atoms with van der Waals surface area (Å²) in [5, 5.41) is 11.5. The van der Waals surface area contributed by atoms with Gasteiger partial charge in [-0.25, -0.2) is 9.78 Å². The summed E-state index contributed by atoms with van der Waals surface area (Å²) in [6.45, 7) is -6.25. The minimum atomic E-state index is -3.25. The number of aromatic nitrogens is 1. The molecular formula is C19H14F4N2O4S. The summed E-state index contributed by atoms with van der Waals surface area (Å²) in [4.78, 5) is 16.9. The topological polar surface area (TPSA) is 71.9 Å². The second-order valence-corrected chi connectivity index (χ2v) is 6.73. The van der Waals surface area contributed by atoms with Crippen LogP contribution in [0.4, 0.5) is 28.9 Å². The third kappa shape index (κ3) is 5.38. The molecule has 0 saturated carbocycles. The van der Waals surface area contributed by atoms with Crippen LogP contribution in [0, 0.1) is 0 Å². The van der Waals surface area contributed by atoms with Gasteiger partial charge in [-0.1, -0.05) is 0 Å². The number of benzene rings is 2. The molecule has 0 aliphatic rings. The van der Waals surface area contributed by atoms with Gasteiger partial charge in [-0.05, 0) is 36.4 Å². The fraction of sp³-hybridized carbons (Fsp3) is 0.158. The van der Waals surface area contributed by atoms with Crippen LogP contribution in [-0.4, -0.2) is 29.3 Å². The number of ether oxygens (including phenoxy) is 2. The molecule has 1 heterocycles. The number of carboxylic acid groups (broad SMARTS) is 1. The van der Waals surface area contributed by atoms with Crippen molar-refractivity contribution in [2.24, 2.45) is 0 Å². The SMILES string of the molecule is O=C(O)c1ccc(N(Cc2nccs2)c2ccc(OC(F)F)c(OC(F)F)c2)cc1. The largest absolute Gasteiger partial charge is 0.478 e. The first-order chi connectivity index (χ1) is 14.3. The number of aromatic carboxylic acids is 1. The first-order valence-electron chi connectivity index (χ1n) is 8.36. The third-order valence-corrected chi connectivity index (χ3v) is 4.64. The average molecular weight is 442 g/mol. The number of hydrogen-bond donors (Lipinski definition) is 1. The van der Waals surface area contributed by atoms with Crippen LogP contribution >= 0.6 is 11.3 Å². The molecule has 0 radical (unpaired) electrons. The molecule has 2 aromatic carbocycles. The van der Waals surface area contributed by atoms with Crippen LogP contribution in [0.5, 0.6) is 11.5 Å². The Labute approximate surface area is 171 Å². The molecule has 3 rings (SSSR count). The Bertz CT molecular complexity index is 985. The Kier molecular flexibility index (Phi) is 6.72. The van der Waals surface area contributed by atoms with Gasteiger partial charge in [0.05, 0.1) is 12.1 Å². The van der Waals surface area contributed by atoms with Crippen LogP contribution in [0.15, 0.2) is 54.0 Å². The molecule has 11 heteroatoms. The van der Waals surface area contributed by atoms with E-state index in [-0.39, 0.29) is 12.1 Å². The van der Waals surface area contributed by atoms with Gasteiger partial charge in [-0.3, -0.25) is 0 Å². The first kappa shape index (κ1) is 21.4. The van der Waals surface area contributed by atoms with Crippen molar-refractivity contribution in [3.63, 3.8) is 0 Å². The van der Waals surface area contributed by atoms with Gasteiger partial charge in [0.2, 0.25) is 0 Å². The number of thiazole rings is 1. The van der Waals surface area contributed by atoms with Gasteiger partial charge >= 0.3 is 19.2 Å². The van der Waals surface area contributed by atoms with Crippen molar-refractivity contribution in [2.45, 2.75) is 19.8 Å². The van der Waals surface area contributed by atoms with Crippen LogP contribution in [0.1, 0.15) is 15.4 Å². The van der Waals surface area contributed by atoms with E-state index in [0.717, 1.165) is 12.1 Å². The molecule has 0 atom stereocenters. The maximum Gasteiger partial charge on any atom is 0.387 e. The lowest BCUT2D eigenvalue weighted by molar-refractivity contribution is -0.0692. The number of rotatable bonds is 9. The Morgan fingerprint density at radius 2 is 1.63 bits per heavy atom. The van der Waals surface area contributed by atoms with Crippen molar-refractivity contribution in [3.05, 3.63) is 64.6 Å². The second kappa shape index (κ2) is 9.44. The van der Waals surface area contributed by atoms with Crippen LogP contribution in [0.2, 0.25) is 0 Å². The monoisotopic (exact) mass is 442 g/mol. The lowest BCUT2D eigenvalue weighted by Crippen LogP contribution is -2.17. The molecule has 0 amide bonds. The van der Waals surface area contributed by atoms with Gasteiger partial charge in [0.1, 0.15) is 5.01 Å². The second-order valence-electron chi connectivity index (χ2n) is 5.75. The molecule has 158 valence electrons. The molecule has 1 aromatic heterocycles. The molecule has 3 aromatic rings. The van der Waals surface area contributed by atoms with Crippen LogP contribution in [-0.2, 0) is 6.54 Å². The summed E-state index contributed by atoms with van der Waals surface area (Å²) >= 11 is 1.35. The van der Waals surface area contributed by atoms with E-state index in [1.54, 1.807) is 16.5 Å². The quantitative estimate of drug-likeness (QED) is 0.449. The van der Waals surface area contributed by atoms with Crippen molar-refractivity contribution in [1.82, 2.24) is 4.98 Å². The summed E-state index contributed by atoms with van der Waals surface area (Å²) in [6, 6.07) is 9.48. The highest BCUT2D eigenvalue weighted by Crippen LogP contribution is 2.37. The highest BCUT2D eigenvalue weighted by atomic mass is 32.1. The van der Waals surface area contributed by atoms with E-state index < -0.39 is 30.7 Å². The molecule has 0 bridgehead atoms. The Morgan fingerprint density at radius 1 is 1.00 bits per heavy atom. The van der Waals surface area contributed by atoms with Gasteiger partial charge in [-0.2, -0.15) is 17.6 Å². The first-order valence-corrected chi connectivity index (χ1v) is 9.24. The van der Waals surface area contributed by atoms with E-state index in [9.17, 15) is 22.4 Å². The number of hydrogen-bond acceptors (Lipinski definition) is 6. The smallest absolute Gasteiger partial charge is 0.387 e. The molecule has 0 fully saturated rings. The number of alkyl halides is 4. The molecule has 30 heavy (non-hydrogen) atoms. The van der Waals surface area contributed by atoms with Crippen molar-refractivity contribution < 1.29 is 36.9 Å². The van der Waals surface area contributed by atoms with E-state index in [4.69, 9.17) is 5.11 Å². The van der Waals surface area contributed by atoms with Gasteiger partial charge in [-0.15, -0.1) is 11.3 Å². The predicted molar refractivity (Wildman–Crippen MR) is 101 cm³/mol. The van der Waals surface area contributed by atoms with Crippen LogP contribution in [0.25, 0.3) is 0 Å². The summed E-state index contributed by atoms with van der Waals surface area (Å²) in [6.07, 6.45) is 1.59. The number of nitrogens with zero attached hydrogens (tertiary/aromatic N) is 2. The van der Waals surface area contributed by atoms with E-state index >= 15 is 0 Å². The average Bonchev–Trinajstić information content (AvgIpc) is 3.20. The van der Waals surface area contributed by atoms with Gasteiger partial charge in [0, 0.05) is 29.0 Å². The Hall–Kier alpha value is -3.34. The predicted octanol–water partition coefficient (Wildman–Crippen LogP) is 5.38.